The molecular formula is C27H38N6O3. The van der Waals surface area contributed by atoms with Crippen LogP contribution in [0.2, 0.25) is 0 Å². The van der Waals surface area contributed by atoms with Crippen LogP contribution in [0.4, 0.5) is 5.69 Å². The molecule has 36 heavy (non-hydrogen) atoms. The first-order valence-electron chi connectivity index (χ1n) is 12.3. The summed E-state index contributed by atoms with van der Waals surface area (Å²) in [6.07, 6.45) is 0. The molecule has 0 unspecified atom stereocenters. The van der Waals surface area contributed by atoms with Gasteiger partial charge in [-0.3, -0.25) is 4.90 Å². The molecule has 1 fully saturated rings. The number of tetrazole rings is 1. The van der Waals surface area contributed by atoms with Gasteiger partial charge in [-0.25, -0.2) is 4.68 Å². The number of hydrogen-bond donors (Lipinski definition) is 0. The van der Waals surface area contributed by atoms with Crippen LogP contribution in [0.25, 0.3) is 0 Å². The number of benzene rings is 2. The zero-order chi connectivity index (χ0) is 26.0. The molecule has 194 valence electrons. The van der Waals surface area contributed by atoms with Crippen molar-refractivity contribution in [3.05, 3.63) is 52.8 Å². The maximum Gasteiger partial charge on any atom is 0.203 e. The van der Waals surface area contributed by atoms with Gasteiger partial charge in [-0.05, 0) is 79.9 Å². The highest BCUT2D eigenvalue weighted by atomic mass is 16.5. The highest BCUT2D eigenvalue weighted by Crippen LogP contribution is 2.42. The van der Waals surface area contributed by atoms with Crippen molar-refractivity contribution in [1.29, 1.82) is 0 Å². The molecule has 0 aliphatic carbocycles. The summed E-state index contributed by atoms with van der Waals surface area (Å²) in [5.41, 5.74) is 4.59. The number of aromatic nitrogens is 4. The van der Waals surface area contributed by atoms with Crippen LogP contribution < -0.4 is 19.1 Å². The third-order valence-corrected chi connectivity index (χ3v) is 6.76. The minimum Gasteiger partial charge on any atom is -0.493 e. The Morgan fingerprint density at radius 2 is 1.50 bits per heavy atom. The van der Waals surface area contributed by atoms with E-state index in [0.29, 0.717) is 17.2 Å². The lowest BCUT2D eigenvalue weighted by molar-refractivity contribution is 0.190. The van der Waals surface area contributed by atoms with E-state index in [-0.39, 0.29) is 11.6 Å². The number of aryl methyl sites for hydroxylation is 2. The van der Waals surface area contributed by atoms with Crippen LogP contribution in [0.15, 0.2) is 30.3 Å². The van der Waals surface area contributed by atoms with Crippen LogP contribution in [0.1, 0.15) is 49.3 Å². The zero-order valence-corrected chi connectivity index (χ0v) is 22.7. The maximum atomic E-state index is 5.68. The molecule has 1 saturated heterocycles. The molecule has 9 nitrogen and oxygen atoms in total. The number of piperazine rings is 1. The number of rotatable bonds is 7. The Bertz CT molecular complexity index is 1170. The van der Waals surface area contributed by atoms with Gasteiger partial charge in [0.15, 0.2) is 17.3 Å². The van der Waals surface area contributed by atoms with E-state index in [0.717, 1.165) is 37.6 Å². The molecule has 0 N–H and O–H groups in total. The largest absolute Gasteiger partial charge is 0.493 e. The van der Waals surface area contributed by atoms with Gasteiger partial charge in [-0.15, -0.1) is 5.10 Å². The Labute approximate surface area is 213 Å². The van der Waals surface area contributed by atoms with Crippen LogP contribution >= 0.6 is 0 Å². The molecule has 4 rings (SSSR count). The van der Waals surface area contributed by atoms with Crippen LogP contribution in [-0.4, -0.2) is 72.6 Å². The standard InChI is InChI=1S/C27H38N6O3/c1-18-9-10-19(2)21(15-18)31-11-13-32(14-12-31)24(26-28-29-30-33(26)27(3,4)5)20-16-22(34-6)25(36-8)23(17-20)35-7/h9-10,15-17,24H,11-14H2,1-8H3/t24-/m0/s1. The van der Waals surface area contributed by atoms with E-state index < -0.39 is 0 Å². The first kappa shape index (κ1) is 25.8. The minimum atomic E-state index is -0.280. The summed E-state index contributed by atoms with van der Waals surface area (Å²) >= 11 is 0. The Balaban J connectivity index is 1.75. The van der Waals surface area contributed by atoms with Crippen LogP contribution in [-0.2, 0) is 5.54 Å². The normalized spacial score (nSPS) is 15.6. The second-order valence-corrected chi connectivity index (χ2v) is 10.3. The fourth-order valence-corrected chi connectivity index (χ4v) is 4.91. The van der Waals surface area contributed by atoms with Crippen LogP contribution in [0.3, 0.4) is 0 Å². The molecule has 1 aromatic heterocycles. The van der Waals surface area contributed by atoms with Crippen LogP contribution in [0, 0.1) is 13.8 Å². The van der Waals surface area contributed by atoms with Gasteiger partial charge in [0.05, 0.1) is 32.9 Å². The maximum absolute atomic E-state index is 5.68. The average Bonchev–Trinajstić information content (AvgIpc) is 3.35. The van der Waals surface area contributed by atoms with Gasteiger partial charge in [0.25, 0.3) is 0 Å². The van der Waals surface area contributed by atoms with Crippen molar-refractivity contribution in [3.8, 4) is 17.2 Å². The summed E-state index contributed by atoms with van der Waals surface area (Å²) < 4.78 is 18.9. The van der Waals surface area contributed by atoms with Gasteiger partial charge in [0, 0.05) is 31.9 Å². The molecule has 2 aromatic carbocycles. The quantitative estimate of drug-likeness (QED) is 0.488. The molecule has 0 radical (unpaired) electrons. The van der Waals surface area contributed by atoms with Crippen molar-refractivity contribution < 1.29 is 14.2 Å². The summed E-state index contributed by atoms with van der Waals surface area (Å²) in [4.78, 5) is 4.91. The smallest absolute Gasteiger partial charge is 0.203 e. The lowest BCUT2D eigenvalue weighted by Crippen LogP contribution is -2.49. The fourth-order valence-electron chi connectivity index (χ4n) is 4.91. The number of methoxy groups -OCH3 is 3. The molecule has 1 aliphatic rings. The first-order valence-corrected chi connectivity index (χ1v) is 12.3. The van der Waals surface area contributed by atoms with E-state index in [9.17, 15) is 0 Å². The van der Waals surface area contributed by atoms with Crippen molar-refractivity contribution in [1.82, 2.24) is 25.1 Å². The first-order chi connectivity index (χ1) is 17.2. The Hall–Kier alpha value is -3.33. The van der Waals surface area contributed by atoms with E-state index in [1.54, 1.807) is 21.3 Å². The lowest BCUT2D eigenvalue weighted by atomic mass is 10.00. The SMILES string of the molecule is COc1cc([C@@H](c2nnnn2C(C)(C)C)N2CCN(c3cc(C)ccc3C)CC2)cc(OC)c1OC. The summed E-state index contributed by atoms with van der Waals surface area (Å²) in [6, 6.07) is 10.5. The van der Waals surface area contributed by atoms with E-state index in [1.807, 2.05) is 16.8 Å². The predicted molar refractivity (Wildman–Crippen MR) is 140 cm³/mol. The van der Waals surface area contributed by atoms with Gasteiger partial charge in [0.2, 0.25) is 5.75 Å². The number of ether oxygens (including phenoxy) is 3. The van der Waals surface area contributed by atoms with Crippen molar-refractivity contribution >= 4 is 5.69 Å². The number of hydrogen-bond acceptors (Lipinski definition) is 8. The molecule has 2 heterocycles. The van der Waals surface area contributed by atoms with E-state index >= 15 is 0 Å². The van der Waals surface area contributed by atoms with Gasteiger partial charge in [-0.2, -0.15) is 0 Å². The number of anilines is 1. The number of nitrogens with zero attached hydrogens (tertiary/aromatic N) is 6. The average molecular weight is 495 g/mol. The lowest BCUT2D eigenvalue weighted by Gasteiger charge is -2.41. The van der Waals surface area contributed by atoms with E-state index in [4.69, 9.17) is 14.2 Å². The van der Waals surface area contributed by atoms with E-state index in [2.05, 4.69) is 78.1 Å². The summed E-state index contributed by atoms with van der Waals surface area (Å²) in [5.74, 6) is 2.58. The highest BCUT2D eigenvalue weighted by molar-refractivity contribution is 5.56. The Morgan fingerprint density at radius 3 is 2.06 bits per heavy atom. The van der Waals surface area contributed by atoms with Gasteiger partial charge < -0.3 is 19.1 Å². The molecular weight excluding hydrogens is 456 g/mol. The van der Waals surface area contributed by atoms with Gasteiger partial charge in [-0.1, -0.05) is 12.1 Å². The Kier molecular flexibility index (Phi) is 7.40. The molecule has 0 spiro atoms. The third-order valence-electron chi connectivity index (χ3n) is 6.76. The molecule has 1 atom stereocenters. The van der Waals surface area contributed by atoms with Crippen molar-refractivity contribution in [2.24, 2.45) is 0 Å². The molecule has 1 aliphatic heterocycles. The molecule has 3 aromatic rings. The molecule has 0 saturated carbocycles. The Morgan fingerprint density at radius 1 is 0.861 bits per heavy atom. The highest BCUT2D eigenvalue weighted by Gasteiger charge is 2.34. The molecule has 9 heteroatoms. The topological polar surface area (TPSA) is 77.8 Å². The van der Waals surface area contributed by atoms with Crippen LogP contribution in [0.5, 0.6) is 17.2 Å². The summed E-state index contributed by atoms with van der Waals surface area (Å²) in [5, 5.41) is 13.0. The second kappa shape index (κ2) is 10.3. The minimum absolute atomic E-state index is 0.186. The van der Waals surface area contributed by atoms with E-state index in [1.165, 1.54) is 16.8 Å². The molecule has 0 bridgehead atoms. The van der Waals surface area contributed by atoms with Gasteiger partial charge >= 0.3 is 0 Å². The van der Waals surface area contributed by atoms with Gasteiger partial charge in [0.1, 0.15) is 0 Å². The summed E-state index contributed by atoms with van der Waals surface area (Å²) in [7, 11) is 4.89. The fraction of sp³-hybridized carbons (Fsp3) is 0.519. The zero-order valence-electron chi connectivity index (χ0n) is 22.7. The van der Waals surface area contributed by atoms with Crippen molar-refractivity contribution in [2.75, 3.05) is 52.4 Å². The summed E-state index contributed by atoms with van der Waals surface area (Å²) in [6.45, 7) is 14.2. The molecule has 0 amide bonds. The third kappa shape index (κ3) is 4.97. The van der Waals surface area contributed by atoms with Crippen molar-refractivity contribution in [3.63, 3.8) is 0 Å². The second-order valence-electron chi connectivity index (χ2n) is 10.3. The van der Waals surface area contributed by atoms with Crippen molar-refractivity contribution in [2.45, 2.75) is 46.2 Å². The monoisotopic (exact) mass is 494 g/mol. The predicted octanol–water partition coefficient (Wildman–Crippen LogP) is 3.98.